The Morgan fingerprint density at radius 2 is 1.77 bits per heavy atom. The fourth-order valence-corrected chi connectivity index (χ4v) is 3.04. The van der Waals surface area contributed by atoms with Crippen LogP contribution in [0.15, 0.2) is 59.1 Å². The van der Waals surface area contributed by atoms with E-state index in [-0.39, 0.29) is 25.0 Å². The minimum Gasteiger partial charge on any atom is -0.489 e. The quantitative estimate of drug-likeness (QED) is 0.527. The van der Waals surface area contributed by atoms with E-state index >= 15 is 0 Å². The highest BCUT2D eigenvalue weighted by atomic mass is 16.5. The molecular weight excluding hydrogens is 396 g/mol. The second kappa shape index (κ2) is 10.4. The molecule has 162 valence electrons. The van der Waals surface area contributed by atoms with Gasteiger partial charge in [0.1, 0.15) is 18.1 Å². The molecule has 0 radical (unpaired) electrons. The Kier molecular flexibility index (Phi) is 7.43. The molecule has 3 rings (SSSR count). The number of carbonyl (C=O) groups is 2. The Balaban J connectivity index is 1.41. The molecule has 0 fully saturated rings. The van der Waals surface area contributed by atoms with Crippen LogP contribution in [0.2, 0.25) is 0 Å². The molecule has 3 aromatic rings. The van der Waals surface area contributed by atoms with Crippen molar-refractivity contribution in [3.8, 4) is 5.75 Å². The summed E-state index contributed by atoms with van der Waals surface area (Å²) in [5, 5.41) is 6.71. The van der Waals surface area contributed by atoms with Crippen molar-refractivity contribution in [3.05, 3.63) is 82.7 Å². The van der Waals surface area contributed by atoms with Crippen molar-refractivity contribution >= 4 is 11.9 Å². The van der Waals surface area contributed by atoms with Gasteiger partial charge in [0.05, 0.1) is 23.7 Å². The molecule has 2 aromatic carbocycles. The highest BCUT2D eigenvalue weighted by molar-refractivity contribution is 5.81. The van der Waals surface area contributed by atoms with Crippen molar-refractivity contribution < 1.29 is 23.6 Å². The van der Waals surface area contributed by atoms with E-state index in [9.17, 15) is 9.59 Å². The van der Waals surface area contributed by atoms with Gasteiger partial charge >= 0.3 is 5.97 Å². The molecule has 0 bridgehead atoms. The summed E-state index contributed by atoms with van der Waals surface area (Å²) in [6, 6.07) is 16.6. The standard InChI is InChI=1S/C24H26N2O5/c1-16(20-7-5-4-6-8-20)25-23(27)15-30-24(28)13-19-9-11-21(12-10-19)29-14-22-17(2)26-31-18(22)3/h4-12,16H,13-15H2,1-3H3,(H,25,27)/t16-/m1/s1. The van der Waals surface area contributed by atoms with Gasteiger partial charge in [0, 0.05) is 0 Å². The number of esters is 1. The van der Waals surface area contributed by atoms with Crippen molar-refractivity contribution in [1.82, 2.24) is 10.5 Å². The van der Waals surface area contributed by atoms with Gasteiger partial charge in [-0.05, 0) is 44.0 Å². The highest BCUT2D eigenvalue weighted by Gasteiger charge is 2.13. The summed E-state index contributed by atoms with van der Waals surface area (Å²) < 4.78 is 16.0. The highest BCUT2D eigenvalue weighted by Crippen LogP contribution is 2.18. The molecule has 0 spiro atoms. The summed E-state index contributed by atoms with van der Waals surface area (Å²) in [5.41, 5.74) is 3.48. The summed E-state index contributed by atoms with van der Waals surface area (Å²) in [6.07, 6.45) is 0.0751. The topological polar surface area (TPSA) is 90.7 Å². The number of ether oxygens (including phenoxy) is 2. The lowest BCUT2D eigenvalue weighted by Gasteiger charge is -2.14. The van der Waals surface area contributed by atoms with Crippen molar-refractivity contribution in [1.29, 1.82) is 0 Å². The van der Waals surface area contributed by atoms with Crippen molar-refractivity contribution in [2.45, 2.75) is 39.8 Å². The third kappa shape index (κ3) is 6.44. The lowest BCUT2D eigenvalue weighted by molar-refractivity contribution is -0.148. The molecular formula is C24H26N2O5. The number of hydrogen-bond acceptors (Lipinski definition) is 6. The van der Waals surface area contributed by atoms with Crippen LogP contribution in [-0.2, 0) is 27.4 Å². The molecule has 0 saturated carbocycles. The van der Waals surface area contributed by atoms with Crippen LogP contribution < -0.4 is 10.1 Å². The van der Waals surface area contributed by atoms with Gasteiger partial charge in [-0.15, -0.1) is 0 Å². The molecule has 1 N–H and O–H groups in total. The molecule has 31 heavy (non-hydrogen) atoms. The van der Waals surface area contributed by atoms with Crippen LogP contribution in [0.3, 0.4) is 0 Å². The van der Waals surface area contributed by atoms with Crippen molar-refractivity contribution in [3.63, 3.8) is 0 Å². The van der Waals surface area contributed by atoms with Crippen LogP contribution in [0, 0.1) is 13.8 Å². The molecule has 1 aromatic heterocycles. The normalized spacial score (nSPS) is 11.6. The van der Waals surface area contributed by atoms with Gasteiger partial charge in [-0.3, -0.25) is 9.59 Å². The maximum Gasteiger partial charge on any atom is 0.310 e. The first-order valence-electron chi connectivity index (χ1n) is 10.1. The number of aromatic nitrogens is 1. The van der Waals surface area contributed by atoms with Crippen molar-refractivity contribution in [2.24, 2.45) is 0 Å². The summed E-state index contributed by atoms with van der Waals surface area (Å²) in [6.45, 7) is 5.64. The Bertz CT molecular complexity index is 993. The zero-order chi connectivity index (χ0) is 22.2. The average molecular weight is 422 g/mol. The molecule has 1 atom stereocenters. The molecule has 7 heteroatoms. The summed E-state index contributed by atoms with van der Waals surface area (Å²) in [4.78, 5) is 24.1. The fourth-order valence-electron chi connectivity index (χ4n) is 3.04. The van der Waals surface area contributed by atoms with E-state index < -0.39 is 5.97 Å². The maximum absolute atomic E-state index is 12.1. The predicted molar refractivity (Wildman–Crippen MR) is 114 cm³/mol. The number of hydrogen-bond donors (Lipinski definition) is 1. The van der Waals surface area contributed by atoms with Gasteiger partial charge in [-0.1, -0.05) is 47.6 Å². The molecule has 0 aliphatic rings. The van der Waals surface area contributed by atoms with E-state index in [0.29, 0.717) is 12.4 Å². The predicted octanol–water partition coefficient (Wildman–Crippen LogP) is 3.83. The van der Waals surface area contributed by atoms with Gasteiger partial charge in [0.2, 0.25) is 0 Å². The number of carbonyl (C=O) groups excluding carboxylic acids is 2. The van der Waals surface area contributed by atoms with E-state index in [2.05, 4.69) is 10.5 Å². The summed E-state index contributed by atoms with van der Waals surface area (Å²) >= 11 is 0. The van der Waals surface area contributed by atoms with E-state index in [4.69, 9.17) is 14.0 Å². The Labute approximate surface area is 181 Å². The Morgan fingerprint density at radius 3 is 2.42 bits per heavy atom. The van der Waals surface area contributed by atoms with Gasteiger partial charge in [-0.25, -0.2) is 0 Å². The van der Waals surface area contributed by atoms with E-state index in [1.54, 1.807) is 24.3 Å². The number of aryl methyl sites for hydroxylation is 2. The Morgan fingerprint density at radius 1 is 1.06 bits per heavy atom. The second-order valence-corrected chi connectivity index (χ2v) is 7.27. The first-order chi connectivity index (χ1) is 14.9. The van der Waals surface area contributed by atoms with Crippen molar-refractivity contribution in [2.75, 3.05) is 6.61 Å². The van der Waals surface area contributed by atoms with Crippen LogP contribution in [0.4, 0.5) is 0 Å². The van der Waals surface area contributed by atoms with Gasteiger partial charge < -0.3 is 19.3 Å². The molecule has 0 aliphatic carbocycles. The van der Waals surface area contributed by atoms with Gasteiger partial charge in [0.15, 0.2) is 6.61 Å². The number of amides is 1. The van der Waals surface area contributed by atoms with E-state index in [0.717, 1.165) is 28.1 Å². The molecule has 7 nitrogen and oxygen atoms in total. The van der Waals surface area contributed by atoms with E-state index in [1.165, 1.54) is 0 Å². The smallest absolute Gasteiger partial charge is 0.310 e. The van der Waals surface area contributed by atoms with Crippen LogP contribution in [0.1, 0.15) is 41.1 Å². The Hall–Kier alpha value is -3.61. The van der Waals surface area contributed by atoms with Crippen LogP contribution >= 0.6 is 0 Å². The molecule has 1 amide bonds. The first-order valence-corrected chi connectivity index (χ1v) is 10.1. The average Bonchev–Trinajstić information content (AvgIpc) is 3.09. The molecule has 0 aliphatic heterocycles. The number of rotatable bonds is 9. The fraction of sp³-hybridized carbons (Fsp3) is 0.292. The lowest BCUT2D eigenvalue weighted by atomic mass is 10.1. The van der Waals surface area contributed by atoms with E-state index in [1.807, 2.05) is 51.1 Å². The largest absolute Gasteiger partial charge is 0.489 e. The zero-order valence-electron chi connectivity index (χ0n) is 17.9. The van der Waals surface area contributed by atoms with Crippen LogP contribution in [0.5, 0.6) is 5.75 Å². The molecule has 0 saturated heterocycles. The molecule has 1 heterocycles. The van der Waals surface area contributed by atoms with Crippen LogP contribution in [0.25, 0.3) is 0 Å². The second-order valence-electron chi connectivity index (χ2n) is 7.27. The van der Waals surface area contributed by atoms with Crippen LogP contribution in [-0.4, -0.2) is 23.6 Å². The minimum absolute atomic E-state index is 0.0751. The third-order valence-corrected chi connectivity index (χ3v) is 4.88. The monoisotopic (exact) mass is 422 g/mol. The first kappa shape index (κ1) is 22.1. The maximum atomic E-state index is 12.1. The summed E-state index contributed by atoms with van der Waals surface area (Å²) in [7, 11) is 0. The summed E-state index contributed by atoms with van der Waals surface area (Å²) in [5.74, 6) is 0.602. The number of nitrogens with one attached hydrogen (secondary N) is 1. The lowest BCUT2D eigenvalue weighted by Crippen LogP contribution is -2.31. The molecule has 0 unspecified atom stereocenters. The third-order valence-electron chi connectivity index (χ3n) is 4.88. The SMILES string of the molecule is Cc1noc(C)c1COc1ccc(CC(=O)OCC(=O)N[C@H](C)c2ccccc2)cc1. The van der Waals surface area contributed by atoms with Gasteiger partial charge in [-0.2, -0.15) is 0 Å². The minimum atomic E-state index is -0.466. The number of benzene rings is 2. The zero-order valence-corrected chi connectivity index (χ0v) is 17.9. The number of nitrogens with zero attached hydrogens (tertiary/aromatic N) is 1. The van der Waals surface area contributed by atoms with Gasteiger partial charge in [0.25, 0.3) is 5.91 Å².